The molecular weight excluding hydrogens is 168 g/mol. The van der Waals surface area contributed by atoms with Crippen molar-refractivity contribution in [2.24, 2.45) is 29.6 Å². The molecule has 0 radical (unpaired) electrons. The first-order valence-corrected chi connectivity index (χ1v) is 6.41. The monoisotopic (exact) mass is 198 g/mol. The van der Waals surface area contributed by atoms with E-state index in [4.69, 9.17) is 0 Å². The van der Waals surface area contributed by atoms with Crippen LogP contribution < -0.4 is 0 Å². The van der Waals surface area contributed by atoms with Crippen molar-refractivity contribution >= 4 is 0 Å². The van der Waals surface area contributed by atoms with E-state index in [0.717, 1.165) is 29.6 Å². The molecule has 2 unspecified atom stereocenters. The van der Waals surface area contributed by atoms with Gasteiger partial charge in [0, 0.05) is 0 Å². The molecule has 0 bridgehead atoms. The SMILES string of the molecule is CCCC(C)C(C)C(C(C)C)C(C)C. The zero-order valence-electron chi connectivity index (χ0n) is 11.3. The topological polar surface area (TPSA) is 0 Å². The van der Waals surface area contributed by atoms with E-state index in [9.17, 15) is 0 Å². The van der Waals surface area contributed by atoms with E-state index in [0.29, 0.717) is 0 Å². The summed E-state index contributed by atoms with van der Waals surface area (Å²) in [6.45, 7) is 16.7. The normalized spacial score (nSPS) is 16.7. The van der Waals surface area contributed by atoms with Gasteiger partial charge in [0.1, 0.15) is 0 Å². The van der Waals surface area contributed by atoms with Crippen LogP contribution in [0.5, 0.6) is 0 Å². The Morgan fingerprint density at radius 2 is 1.21 bits per heavy atom. The molecule has 0 N–H and O–H groups in total. The Bertz CT molecular complexity index is 127. The van der Waals surface area contributed by atoms with Gasteiger partial charge in [0.2, 0.25) is 0 Å². The molecule has 0 saturated heterocycles. The van der Waals surface area contributed by atoms with Gasteiger partial charge in [-0.2, -0.15) is 0 Å². The largest absolute Gasteiger partial charge is 0.0654 e. The van der Waals surface area contributed by atoms with Gasteiger partial charge in [-0.15, -0.1) is 0 Å². The van der Waals surface area contributed by atoms with Crippen LogP contribution in [0.3, 0.4) is 0 Å². The Morgan fingerprint density at radius 1 is 0.786 bits per heavy atom. The van der Waals surface area contributed by atoms with Crippen LogP contribution in [0.25, 0.3) is 0 Å². The Labute approximate surface area is 91.5 Å². The maximum absolute atomic E-state index is 2.45. The molecule has 0 aromatic rings. The van der Waals surface area contributed by atoms with Crippen LogP contribution in [-0.4, -0.2) is 0 Å². The molecule has 14 heavy (non-hydrogen) atoms. The lowest BCUT2D eigenvalue weighted by Gasteiger charge is -2.34. The van der Waals surface area contributed by atoms with Crippen molar-refractivity contribution in [2.75, 3.05) is 0 Å². The molecule has 0 heterocycles. The molecule has 0 aliphatic carbocycles. The fourth-order valence-corrected chi connectivity index (χ4v) is 3.08. The van der Waals surface area contributed by atoms with Gasteiger partial charge in [-0.1, -0.05) is 61.3 Å². The van der Waals surface area contributed by atoms with E-state index in [2.05, 4.69) is 48.5 Å². The first kappa shape index (κ1) is 14.0. The average molecular weight is 198 g/mol. The lowest BCUT2D eigenvalue weighted by molar-refractivity contribution is 0.145. The first-order chi connectivity index (χ1) is 6.41. The predicted octanol–water partition coefficient (Wildman–Crippen LogP) is 4.99. The summed E-state index contributed by atoms with van der Waals surface area (Å²) in [7, 11) is 0. The van der Waals surface area contributed by atoms with Gasteiger partial charge < -0.3 is 0 Å². The molecule has 2 atom stereocenters. The van der Waals surface area contributed by atoms with Crippen molar-refractivity contribution in [3.63, 3.8) is 0 Å². The second-order valence-corrected chi connectivity index (χ2v) is 5.69. The molecule has 0 aromatic heterocycles. The predicted molar refractivity (Wildman–Crippen MR) is 66.4 cm³/mol. The third-order valence-electron chi connectivity index (χ3n) is 3.79. The quantitative estimate of drug-likeness (QED) is 0.564. The standard InChI is InChI=1S/C14H30/c1-8-9-12(6)13(7)14(10(2)3)11(4)5/h10-14H,8-9H2,1-7H3. The van der Waals surface area contributed by atoms with Gasteiger partial charge in [-0.3, -0.25) is 0 Å². The minimum absolute atomic E-state index is 0.823. The number of hydrogen-bond donors (Lipinski definition) is 0. The van der Waals surface area contributed by atoms with Gasteiger partial charge in [-0.25, -0.2) is 0 Å². The summed E-state index contributed by atoms with van der Waals surface area (Å²) in [6.07, 6.45) is 2.71. The van der Waals surface area contributed by atoms with Crippen molar-refractivity contribution in [3.8, 4) is 0 Å². The lowest BCUT2D eigenvalue weighted by Crippen LogP contribution is -2.27. The van der Waals surface area contributed by atoms with Crippen LogP contribution in [0.15, 0.2) is 0 Å². The Hall–Kier alpha value is 0. The van der Waals surface area contributed by atoms with Crippen molar-refractivity contribution < 1.29 is 0 Å². The zero-order chi connectivity index (χ0) is 11.3. The van der Waals surface area contributed by atoms with Gasteiger partial charge in [0.05, 0.1) is 0 Å². The Balaban J connectivity index is 4.35. The maximum Gasteiger partial charge on any atom is -0.0340 e. The van der Waals surface area contributed by atoms with Crippen LogP contribution in [0.4, 0.5) is 0 Å². The van der Waals surface area contributed by atoms with Crippen LogP contribution >= 0.6 is 0 Å². The van der Waals surface area contributed by atoms with Crippen LogP contribution in [0.2, 0.25) is 0 Å². The van der Waals surface area contributed by atoms with Crippen LogP contribution in [0, 0.1) is 29.6 Å². The fraction of sp³-hybridized carbons (Fsp3) is 1.00. The second-order valence-electron chi connectivity index (χ2n) is 5.69. The van der Waals surface area contributed by atoms with E-state index >= 15 is 0 Å². The lowest BCUT2D eigenvalue weighted by atomic mass is 9.71. The van der Waals surface area contributed by atoms with E-state index in [1.165, 1.54) is 12.8 Å². The minimum atomic E-state index is 0.823. The highest BCUT2D eigenvalue weighted by Gasteiger charge is 2.27. The molecule has 0 rings (SSSR count). The summed E-state index contributed by atoms with van der Waals surface area (Å²) >= 11 is 0. The van der Waals surface area contributed by atoms with Crippen molar-refractivity contribution in [3.05, 3.63) is 0 Å². The molecule has 0 aliphatic rings. The molecule has 0 aliphatic heterocycles. The maximum atomic E-state index is 2.45. The molecule has 0 fully saturated rings. The Morgan fingerprint density at radius 3 is 1.50 bits per heavy atom. The van der Waals surface area contributed by atoms with Gasteiger partial charge in [0.25, 0.3) is 0 Å². The summed E-state index contributed by atoms with van der Waals surface area (Å²) in [6, 6.07) is 0. The average Bonchev–Trinajstić information content (AvgIpc) is 2.03. The number of hydrogen-bond acceptors (Lipinski definition) is 0. The summed E-state index contributed by atoms with van der Waals surface area (Å²) in [5.74, 6) is 4.29. The highest BCUT2D eigenvalue weighted by molar-refractivity contribution is 4.76. The van der Waals surface area contributed by atoms with Gasteiger partial charge >= 0.3 is 0 Å². The van der Waals surface area contributed by atoms with E-state index in [1.54, 1.807) is 0 Å². The van der Waals surface area contributed by atoms with Gasteiger partial charge in [-0.05, 0) is 29.6 Å². The zero-order valence-corrected chi connectivity index (χ0v) is 11.3. The van der Waals surface area contributed by atoms with E-state index < -0.39 is 0 Å². The third kappa shape index (κ3) is 4.02. The van der Waals surface area contributed by atoms with Crippen molar-refractivity contribution in [1.82, 2.24) is 0 Å². The van der Waals surface area contributed by atoms with Crippen LogP contribution in [-0.2, 0) is 0 Å². The highest BCUT2D eigenvalue weighted by atomic mass is 14.3. The van der Waals surface area contributed by atoms with Crippen molar-refractivity contribution in [2.45, 2.75) is 61.3 Å². The molecule has 0 amide bonds. The van der Waals surface area contributed by atoms with E-state index in [-0.39, 0.29) is 0 Å². The fourth-order valence-electron chi connectivity index (χ4n) is 3.08. The first-order valence-electron chi connectivity index (χ1n) is 6.41. The van der Waals surface area contributed by atoms with Crippen LogP contribution in [0.1, 0.15) is 61.3 Å². The van der Waals surface area contributed by atoms with Crippen molar-refractivity contribution in [1.29, 1.82) is 0 Å². The smallest absolute Gasteiger partial charge is 0.0340 e. The molecule has 0 heteroatoms. The third-order valence-corrected chi connectivity index (χ3v) is 3.79. The summed E-state index contributed by atoms with van der Waals surface area (Å²) in [4.78, 5) is 0. The molecule has 0 aromatic carbocycles. The summed E-state index contributed by atoms with van der Waals surface area (Å²) < 4.78 is 0. The molecule has 0 nitrogen and oxygen atoms in total. The minimum Gasteiger partial charge on any atom is -0.0654 e. The molecular formula is C14H30. The van der Waals surface area contributed by atoms with Gasteiger partial charge in [0.15, 0.2) is 0 Å². The number of rotatable bonds is 6. The summed E-state index contributed by atoms with van der Waals surface area (Å²) in [5, 5.41) is 0. The highest BCUT2D eigenvalue weighted by Crippen LogP contribution is 2.34. The molecule has 86 valence electrons. The summed E-state index contributed by atoms with van der Waals surface area (Å²) in [5.41, 5.74) is 0. The van der Waals surface area contributed by atoms with E-state index in [1.807, 2.05) is 0 Å². The second kappa shape index (κ2) is 6.48. The molecule has 0 saturated carbocycles. The Kier molecular flexibility index (Phi) is 6.48. The molecule has 0 spiro atoms.